The van der Waals surface area contributed by atoms with Gasteiger partial charge in [-0.15, -0.1) is 0 Å². The van der Waals surface area contributed by atoms with Crippen LogP contribution in [-0.4, -0.2) is 76.8 Å². The van der Waals surface area contributed by atoms with Crippen molar-refractivity contribution >= 4 is 23.0 Å². The van der Waals surface area contributed by atoms with Crippen LogP contribution >= 0.6 is 0 Å². The third kappa shape index (κ3) is 6.46. The second-order valence-electron chi connectivity index (χ2n) is 13.4. The molecule has 0 aliphatic carbocycles. The van der Waals surface area contributed by atoms with Crippen LogP contribution in [0.5, 0.6) is 0 Å². The summed E-state index contributed by atoms with van der Waals surface area (Å²) in [6.07, 6.45) is 9.49. The number of ether oxygens (including phenoxy) is 2. The van der Waals surface area contributed by atoms with Crippen molar-refractivity contribution in [3.8, 4) is 5.69 Å². The Hall–Kier alpha value is -3.46. The number of fused-ring (bicyclic) bond motifs is 1. The van der Waals surface area contributed by atoms with Gasteiger partial charge in [0.25, 0.3) is 0 Å². The van der Waals surface area contributed by atoms with E-state index in [9.17, 15) is 14.0 Å². The van der Waals surface area contributed by atoms with Gasteiger partial charge in [-0.2, -0.15) is 0 Å². The standard InChI is InChI=1S/C33H43FN4O4/c1-22-17-35-18-28-29(22)24(20-38(28)27-8-7-25(34)16-26(27)30(39)41-6)15-23-9-12-36(19-23)21-33(5)10-13-37(14-11-33)31(40)42-32(2,3)4/h7-8,16-18,20,23H,9-15,19,21H2,1-6H3/t23-/m0/s1. The highest BCUT2D eigenvalue weighted by atomic mass is 19.1. The monoisotopic (exact) mass is 578 g/mol. The molecule has 1 aromatic carbocycles. The van der Waals surface area contributed by atoms with Crippen LogP contribution in [0.3, 0.4) is 0 Å². The molecule has 0 radical (unpaired) electrons. The van der Waals surface area contributed by atoms with Crippen molar-refractivity contribution in [3.63, 3.8) is 0 Å². The Bertz CT molecular complexity index is 1470. The van der Waals surface area contributed by atoms with Gasteiger partial charge in [0.2, 0.25) is 0 Å². The zero-order chi connectivity index (χ0) is 30.2. The second-order valence-corrected chi connectivity index (χ2v) is 13.4. The summed E-state index contributed by atoms with van der Waals surface area (Å²) in [5, 5.41) is 1.13. The summed E-state index contributed by atoms with van der Waals surface area (Å²) in [5.41, 5.74) is 3.60. The largest absolute Gasteiger partial charge is 0.465 e. The normalized spacial score (nSPS) is 19.3. The van der Waals surface area contributed by atoms with Gasteiger partial charge in [-0.1, -0.05) is 6.92 Å². The number of piperidine rings is 1. The molecule has 3 aromatic rings. The fourth-order valence-electron chi connectivity index (χ4n) is 6.57. The van der Waals surface area contributed by atoms with Crippen LogP contribution in [0.1, 0.15) is 68.4 Å². The van der Waals surface area contributed by atoms with Gasteiger partial charge >= 0.3 is 12.1 Å². The van der Waals surface area contributed by atoms with Crippen LogP contribution in [0.25, 0.3) is 16.6 Å². The summed E-state index contributed by atoms with van der Waals surface area (Å²) < 4.78 is 26.6. The van der Waals surface area contributed by atoms with E-state index in [2.05, 4.69) is 29.9 Å². The maximum Gasteiger partial charge on any atom is 0.410 e. The summed E-state index contributed by atoms with van der Waals surface area (Å²) in [6, 6.07) is 4.21. The minimum Gasteiger partial charge on any atom is -0.465 e. The fourth-order valence-corrected chi connectivity index (χ4v) is 6.57. The number of halogens is 1. The average molecular weight is 579 g/mol. The highest BCUT2D eigenvalue weighted by Gasteiger charge is 2.36. The lowest BCUT2D eigenvalue weighted by Gasteiger charge is -2.41. The van der Waals surface area contributed by atoms with E-state index in [0.29, 0.717) is 11.6 Å². The molecule has 2 aromatic heterocycles. The Morgan fingerprint density at radius 1 is 1.14 bits per heavy atom. The summed E-state index contributed by atoms with van der Waals surface area (Å²) in [4.78, 5) is 33.9. The Labute approximate surface area is 247 Å². The lowest BCUT2D eigenvalue weighted by Crippen LogP contribution is -2.47. The highest BCUT2D eigenvalue weighted by Crippen LogP contribution is 2.36. The van der Waals surface area contributed by atoms with Gasteiger partial charge in [0.15, 0.2) is 0 Å². The molecule has 2 aliphatic rings. The van der Waals surface area contributed by atoms with Crippen LogP contribution in [0.2, 0.25) is 0 Å². The van der Waals surface area contributed by atoms with E-state index in [-0.39, 0.29) is 17.1 Å². The van der Waals surface area contributed by atoms with E-state index in [0.717, 1.165) is 74.9 Å². The number of rotatable bonds is 6. The Morgan fingerprint density at radius 2 is 1.88 bits per heavy atom. The number of carbonyl (C=O) groups is 2. The van der Waals surface area contributed by atoms with Crippen molar-refractivity contribution in [3.05, 3.63) is 59.3 Å². The molecule has 42 heavy (non-hydrogen) atoms. The van der Waals surface area contributed by atoms with Crippen LogP contribution in [0, 0.1) is 24.1 Å². The molecule has 2 aliphatic heterocycles. The van der Waals surface area contributed by atoms with E-state index in [1.807, 2.05) is 42.6 Å². The molecule has 226 valence electrons. The number of pyridine rings is 1. The summed E-state index contributed by atoms with van der Waals surface area (Å²) >= 11 is 0. The van der Waals surface area contributed by atoms with Gasteiger partial charge in [-0.05, 0) is 101 Å². The smallest absolute Gasteiger partial charge is 0.410 e. The lowest BCUT2D eigenvalue weighted by atomic mass is 9.80. The number of amides is 1. The lowest BCUT2D eigenvalue weighted by molar-refractivity contribution is 0.00830. The van der Waals surface area contributed by atoms with Crippen molar-refractivity contribution in [1.29, 1.82) is 0 Å². The topological polar surface area (TPSA) is 76.9 Å². The molecule has 0 saturated carbocycles. The zero-order valence-corrected chi connectivity index (χ0v) is 25.7. The zero-order valence-electron chi connectivity index (χ0n) is 25.7. The predicted molar refractivity (Wildman–Crippen MR) is 161 cm³/mol. The SMILES string of the molecule is COC(=O)c1cc(F)ccc1-n1cc(C[C@@H]2CCN(CC3(C)CCN(C(=O)OC(C)(C)C)CC3)C2)c2c(C)cncc21. The van der Waals surface area contributed by atoms with Crippen molar-refractivity contribution < 1.29 is 23.5 Å². The Kier molecular flexibility index (Phi) is 8.34. The van der Waals surface area contributed by atoms with Gasteiger partial charge in [0.1, 0.15) is 11.4 Å². The molecule has 0 spiro atoms. The molecular formula is C33H43FN4O4. The van der Waals surface area contributed by atoms with E-state index in [4.69, 9.17) is 9.47 Å². The number of likely N-dealkylation sites (tertiary alicyclic amines) is 2. The number of carbonyl (C=O) groups excluding carboxylic acids is 2. The molecule has 5 rings (SSSR count). The van der Waals surface area contributed by atoms with Gasteiger partial charge in [-0.3, -0.25) is 4.98 Å². The number of methoxy groups -OCH3 is 1. The van der Waals surface area contributed by atoms with E-state index < -0.39 is 17.4 Å². The second kappa shape index (κ2) is 11.7. The van der Waals surface area contributed by atoms with Gasteiger partial charge < -0.3 is 23.8 Å². The molecule has 1 amide bonds. The number of hydrogen-bond donors (Lipinski definition) is 0. The molecular weight excluding hydrogens is 535 g/mol. The molecule has 2 fully saturated rings. The highest BCUT2D eigenvalue weighted by molar-refractivity contribution is 5.95. The number of aromatic nitrogens is 2. The van der Waals surface area contributed by atoms with Crippen LogP contribution < -0.4 is 0 Å². The fraction of sp³-hybridized carbons (Fsp3) is 0.545. The van der Waals surface area contributed by atoms with Crippen LogP contribution in [0.4, 0.5) is 9.18 Å². The number of hydrogen-bond acceptors (Lipinski definition) is 6. The third-order valence-corrected chi connectivity index (χ3v) is 8.71. The Balaban J connectivity index is 1.29. The van der Waals surface area contributed by atoms with E-state index >= 15 is 0 Å². The minimum atomic E-state index is -0.578. The summed E-state index contributed by atoms with van der Waals surface area (Å²) in [6.45, 7) is 14.7. The third-order valence-electron chi connectivity index (χ3n) is 8.71. The molecule has 0 bridgehead atoms. The van der Waals surface area contributed by atoms with Gasteiger partial charge in [0.05, 0.1) is 30.1 Å². The van der Waals surface area contributed by atoms with E-state index in [1.54, 1.807) is 6.07 Å². The first kappa shape index (κ1) is 30.0. The first-order chi connectivity index (χ1) is 19.9. The predicted octanol–water partition coefficient (Wildman–Crippen LogP) is 6.16. The van der Waals surface area contributed by atoms with Crippen molar-refractivity contribution in [2.45, 2.75) is 65.9 Å². The van der Waals surface area contributed by atoms with Gasteiger partial charge in [-0.25, -0.2) is 14.0 Å². The van der Waals surface area contributed by atoms with Crippen molar-refractivity contribution in [2.75, 3.05) is 39.8 Å². The molecule has 8 nitrogen and oxygen atoms in total. The molecule has 9 heteroatoms. The number of aryl methyl sites for hydroxylation is 1. The Morgan fingerprint density at radius 3 is 2.57 bits per heavy atom. The van der Waals surface area contributed by atoms with Crippen LogP contribution in [-0.2, 0) is 15.9 Å². The van der Waals surface area contributed by atoms with Gasteiger partial charge in [0, 0.05) is 44.0 Å². The quantitative estimate of drug-likeness (QED) is 0.326. The summed E-state index contributed by atoms with van der Waals surface area (Å²) in [7, 11) is 1.30. The molecule has 0 unspecified atom stereocenters. The maximum absolute atomic E-state index is 14.1. The van der Waals surface area contributed by atoms with Crippen molar-refractivity contribution in [1.82, 2.24) is 19.4 Å². The average Bonchev–Trinajstić information content (AvgIpc) is 3.52. The van der Waals surface area contributed by atoms with Crippen molar-refractivity contribution in [2.24, 2.45) is 11.3 Å². The molecule has 4 heterocycles. The first-order valence-electron chi connectivity index (χ1n) is 14.9. The number of nitrogens with zero attached hydrogens (tertiary/aromatic N) is 4. The molecule has 0 N–H and O–H groups in total. The molecule has 2 saturated heterocycles. The van der Waals surface area contributed by atoms with Crippen LogP contribution in [0.15, 0.2) is 36.8 Å². The number of benzene rings is 1. The first-order valence-corrected chi connectivity index (χ1v) is 14.9. The maximum atomic E-state index is 14.1. The minimum absolute atomic E-state index is 0.165. The molecule has 1 atom stereocenters. The number of esters is 1. The van der Waals surface area contributed by atoms with E-state index in [1.165, 1.54) is 24.8 Å². The summed E-state index contributed by atoms with van der Waals surface area (Å²) in [5.74, 6) is -0.568.